The highest BCUT2D eigenvalue weighted by molar-refractivity contribution is 5.30. The summed E-state index contributed by atoms with van der Waals surface area (Å²) in [5.74, 6) is 1.45. The molecule has 64 valence electrons. The lowest BCUT2D eigenvalue weighted by atomic mass is 10.1. The summed E-state index contributed by atoms with van der Waals surface area (Å²) in [6.07, 6.45) is 5.07. The molecule has 1 aliphatic carbocycles. The standard InChI is InChI=1S/C10H14N2/c1-7-6-12-3-2-9(7)10-4-8(10)5-11/h2-3,6,8,10H,4-5,11H2,1H3. The van der Waals surface area contributed by atoms with Gasteiger partial charge in [-0.25, -0.2) is 0 Å². The molecule has 2 rings (SSSR count). The van der Waals surface area contributed by atoms with E-state index in [0.29, 0.717) is 0 Å². The van der Waals surface area contributed by atoms with Crippen LogP contribution >= 0.6 is 0 Å². The summed E-state index contributed by atoms with van der Waals surface area (Å²) in [5.41, 5.74) is 8.34. The first-order valence-corrected chi connectivity index (χ1v) is 4.43. The molecule has 1 aliphatic rings. The summed E-state index contributed by atoms with van der Waals surface area (Å²) >= 11 is 0. The van der Waals surface area contributed by atoms with Gasteiger partial charge >= 0.3 is 0 Å². The topological polar surface area (TPSA) is 38.9 Å². The molecule has 0 amide bonds. The van der Waals surface area contributed by atoms with Crippen molar-refractivity contribution < 1.29 is 0 Å². The van der Waals surface area contributed by atoms with Crippen LogP contribution in [0.3, 0.4) is 0 Å². The molecule has 12 heavy (non-hydrogen) atoms. The van der Waals surface area contributed by atoms with Crippen LogP contribution in [0, 0.1) is 12.8 Å². The lowest BCUT2D eigenvalue weighted by molar-refractivity contribution is 0.806. The van der Waals surface area contributed by atoms with Crippen molar-refractivity contribution in [2.45, 2.75) is 19.3 Å². The molecule has 2 heteroatoms. The van der Waals surface area contributed by atoms with Crippen molar-refractivity contribution in [3.63, 3.8) is 0 Å². The van der Waals surface area contributed by atoms with Gasteiger partial charge in [0.25, 0.3) is 0 Å². The van der Waals surface area contributed by atoms with Gasteiger partial charge in [0.15, 0.2) is 0 Å². The van der Waals surface area contributed by atoms with Crippen LogP contribution in [-0.4, -0.2) is 11.5 Å². The van der Waals surface area contributed by atoms with Gasteiger partial charge in [0.2, 0.25) is 0 Å². The quantitative estimate of drug-likeness (QED) is 0.715. The predicted molar refractivity (Wildman–Crippen MR) is 48.9 cm³/mol. The van der Waals surface area contributed by atoms with Crippen molar-refractivity contribution in [3.8, 4) is 0 Å². The van der Waals surface area contributed by atoms with E-state index in [1.807, 2.05) is 12.4 Å². The molecule has 0 aromatic carbocycles. The number of nitrogens with two attached hydrogens (primary N) is 1. The minimum atomic E-state index is 0.720. The third-order valence-corrected chi connectivity index (χ3v) is 2.69. The Morgan fingerprint density at radius 2 is 2.50 bits per heavy atom. The first kappa shape index (κ1) is 7.74. The molecular formula is C10H14N2. The van der Waals surface area contributed by atoms with Crippen molar-refractivity contribution in [3.05, 3.63) is 29.6 Å². The number of aromatic nitrogens is 1. The van der Waals surface area contributed by atoms with Crippen molar-refractivity contribution >= 4 is 0 Å². The average molecular weight is 162 g/mol. The fourth-order valence-electron chi connectivity index (χ4n) is 1.79. The molecule has 0 bridgehead atoms. The molecular weight excluding hydrogens is 148 g/mol. The van der Waals surface area contributed by atoms with E-state index in [1.165, 1.54) is 17.5 Å². The van der Waals surface area contributed by atoms with Crippen molar-refractivity contribution in [2.75, 3.05) is 6.54 Å². The zero-order chi connectivity index (χ0) is 8.55. The zero-order valence-corrected chi connectivity index (χ0v) is 7.33. The second kappa shape index (κ2) is 2.87. The van der Waals surface area contributed by atoms with E-state index in [-0.39, 0.29) is 0 Å². The van der Waals surface area contributed by atoms with Crippen LogP contribution in [0.4, 0.5) is 0 Å². The summed E-state index contributed by atoms with van der Waals surface area (Å²) in [4.78, 5) is 4.07. The summed E-state index contributed by atoms with van der Waals surface area (Å²) in [6.45, 7) is 2.95. The van der Waals surface area contributed by atoms with Crippen LogP contribution in [-0.2, 0) is 0 Å². The number of hydrogen-bond acceptors (Lipinski definition) is 2. The normalized spacial score (nSPS) is 27.2. The van der Waals surface area contributed by atoms with Gasteiger partial charge in [0, 0.05) is 12.4 Å². The summed E-state index contributed by atoms with van der Waals surface area (Å²) < 4.78 is 0. The van der Waals surface area contributed by atoms with Crippen LogP contribution in [0.2, 0.25) is 0 Å². The van der Waals surface area contributed by atoms with E-state index >= 15 is 0 Å². The maximum absolute atomic E-state index is 5.60. The Morgan fingerprint density at radius 1 is 1.67 bits per heavy atom. The highest BCUT2D eigenvalue weighted by Crippen LogP contribution is 2.47. The Labute approximate surface area is 72.8 Å². The summed E-state index contributed by atoms with van der Waals surface area (Å²) in [6, 6.07) is 2.12. The maximum Gasteiger partial charge on any atom is 0.0299 e. The van der Waals surface area contributed by atoms with Crippen LogP contribution in [0.15, 0.2) is 18.5 Å². The number of nitrogens with zero attached hydrogens (tertiary/aromatic N) is 1. The Balaban J connectivity index is 2.19. The third kappa shape index (κ3) is 1.23. The predicted octanol–water partition coefficient (Wildman–Crippen LogP) is 1.45. The van der Waals surface area contributed by atoms with Crippen LogP contribution in [0.1, 0.15) is 23.5 Å². The fourth-order valence-corrected chi connectivity index (χ4v) is 1.79. The molecule has 2 unspecified atom stereocenters. The molecule has 1 heterocycles. The van der Waals surface area contributed by atoms with Gasteiger partial charge in [-0.3, -0.25) is 4.98 Å². The fraction of sp³-hybridized carbons (Fsp3) is 0.500. The van der Waals surface area contributed by atoms with Crippen LogP contribution < -0.4 is 5.73 Å². The van der Waals surface area contributed by atoms with Gasteiger partial charge < -0.3 is 5.73 Å². The molecule has 0 spiro atoms. The van der Waals surface area contributed by atoms with Gasteiger partial charge in [-0.15, -0.1) is 0 Å². The molecule has 1 aromatic rings. The average Bonchev–Trinajstić information content (AvgIpc) is 2.84. The van der Waals surface area contributed by atoms with E-state index in [0.717, 1.165) is 18.4 Å². The zero-order valence-electron chi connectivity index (χ0n) is 7.33. The minimum absolute atomic E-state index is 0.720. The molecule has 2 atom stereocenters. The molecule has 1 saturated carbocycles. The number of aryl methyl sites for hydroxylation is 1. The number of pyridine rings is 1. The van der Waals surface area contributed by atoms with E-state index in [4.69, 9.17) is 5.73 Å². The van der Waals surface area contributed by atoms with Crippen molar-refractivity contribution in [1.82, 2.24) is 4.98 Å². The van der Waals surface area contributed by atoms with E-state index < -0.39 is 0 Å². The largest absolute Gasteiger partial charge is 0.330 e. The highest BCUT2D eigenvalue weighted by Gasteiger charge is 2.37. The van der Waals surface area contributed by atoms with Gasteiger partial charge in [0.1, 0.15) is 0 Å². The smallest absolute Gasteiger partial charge is 0.0299 e. The Kier molecular flexibility index (Phi) is 1.85. The second-order valence-electron chi connectivity index (χ2n) is 3.57. The molecule has 1 fully saturated rings. The summed E-state index contributed by atoms with van der Waals surface area (Å²) in [7, 11) is 0. The SMILES string of the molecule is Cc1cnccc1C1CC1CN. The van der Waals surface area contributed by atoms with E-state index in [1.54, 1.807) is 0 Å². The van der Waals surface area contributed by atoms with E-state index in [9.17, 15) is 0 Å². The molecule has 2 N–H and O–H groups in total. The van der Waals surface area contributed by atoms with Crippen molar-refractivity contribution in [1.29, 1.82) is 0 Å². The Hall–Kier alpha value is -0.890. The first-order valence-electron chi connectivity index (χ1n) is 4.43. The molecule has 1 aromatic heterocycles. The third-order valence-electron chi connectivity index (χ3n) is 2.69. The maximum atomic E-state index is 5.60. The number of rotatable bonds is 2. The Bertz CT molecular complexity index is 283. The lowest BCUT2D eigenvalue weighted by Gasteiger charge is -2.02. The molecule has 0 aliphatic heterocycles. The molecule has 0 radical (unpaired) electrons. The molecule has 2 nitrogen and oxygen atoms in total. The lowest BCUT2D eigenvalue weighted by Crippen LogP contribution is -2.02. The molecule has 0 saturated heterocycles. The first-order chi connectivity index (χ1) is 5.83. The monoisotopic (exact) mass is 162 g/mol. The van der Waals surface area contributed by atoms with Crippen molar-refractivity contribution in [2.24, 2.45) is 11.7 Å². The van der Waals surface area contributed by atoms with Crippen LogP contribution in [0.25, 0.3) is 0 Å². The van der Waals surface area contributed by atoms with Crippen LogP contribution in [0.5, 0.6) is 0 Å². The Morgan fingerprint density at radius 3 is 3.08 bits per heavy atom. The van der Waals surface area contributed by atoms with E-state index in [2.05, 4.69) is 18.0 Å². The minimum Gasteiger partial charge on any atom is -0.330 e. The second-order valence-corrected chi connectivity index (χ2v) is 3.57. The summed E-state index contributed by atoms with van der Waals surface area (Å²) in [5, 5.41) is 0. The number of hydrogen-bond donors (Lipinski definition) is 1. The van der Waals surface area contributed by atoms with Gasteiger partial charge in [-0.2, -0.15) is 0 Å². The van der Waals surface area contributed by atoms with Gasteiger partial charge in [0.05, 0.1) is 0 Å². The van der Waals surface area contributed by atoms with Gasteiger partial charge in [-0.1, -0.05) is 0 Å². The van der Waals surface area contributed by atoms with Gasteiger partial charge in [-0.05, 0) is 48.9 Å². The highest BCUT2D eigenvalue weighted by atomic mass is 14.6.